The number of benzene rings is 1. The minimum absolute atomic E-state index is 0.183. The number of carbonyl (C=O) groups is 1. The quantitative estimate of drug-likeness (QED) is 0.774. The van der Waals surface area contributed by atoms with Crippen LogP contribution in [0.5, 0.6) is 0 Å². The van der Waals surface area contributed by atoms with E-state index in [4.69, 9.17) is 4.74 Å². The molecule has 5 heteroatoms. The Morgan fingerprint density at radius 2 is 2.16 bits per heavy atom. The van der Waals surface area contributed by atoms with Gasteiger partial charge in [0.05, 0.1) is 6.04 Å². The van der Waals surface area contributed by atoms with Crippen LogP contribution < -0.4 is 5.32 Å². The molecule has 1 aromatic carbocycles. The lowest BCUT2D eigenvalue weighted by Crippen LogP contribution is -2.28. The van der Waals surface area contributed by atoms with Crippen LogP contribution in [0.3, 0.4) is 0 Å². The van der Waals surface area contributed by atoms with Crippen LogP contribution in [0.4, 0.5) is 8.78 Å². The Labute approximate surface area is 112 Å². The van der Waals surface area contributed by atoms with Crippen molar-refractivity contribution in [2.45, 2.75) is 32.2 Å². The fourth-order valence-corrected chi connectivity index (χ4v) is 1.82. The fourth-order valence-electron chi connectivity index (χ4n) is 1.82. The van der Waals surface area contributed by atoms with Gasteiger partial charge in [-0.2, -0.15) is 0 Å². The van der Waals surface area contributed by atoms with Gasteiger partial charge in [-0.05, 0) is 31.0 Å². The summed E-state index contributed by atoms with van der Waals surface area (Å²) in [5, 5.41) is 2.71. The summed E-state index contributed by atoms with van der Waals surface area (Å²) in [7, 11) is 1.56. The van der Waals surface area contributed by atoms with Crippen molar-refractivity contribution in [3.05, 3.63) is 35.4 Å². The molecule has 0 aromatic heterocycles. The first kappa shape index (κ1) is 15.6. The summed E-state index contributed by atoms with van der Waals surface area (Å²) in [6.07, 6.45) is 1.40. The van der Waals surface area contributed by atoms with Crippen LogP contribution in [-0.4, -0.2) is 19.6 Å². The summed E-state index contributed by atoms with van der Waals surface area (Å²) < 4.78 is 31.6. The van der Waals surface area contributed by atoms with Gasteiger partial charge in [-0.3, -0.25) is 4.79 Å². The molecule has 0 aliphatic rings. The third-order valence-corrected chi connectivity index (χ3v) is 2.83. The van der Waals surface area contributed by atoms with Gasteiger partial charge in [0.1, 0.15) is 11.6 Å². The number of carbonyl (C=O) groups excluding carboxylic acids is 1. The normalized spacial score (nSPS) is 12.2. The van der Waals surface area contributed by atoms with E-state index in [1.165, 1.54) is 0 Å². The van der Waals surface area contributed by atoms with Crippen molar-refractivity contribution in [2.24, 2.45) is 0 Å². The van der Waals surface area contributed by atoms with Gasteiger partial charge >= 0.3 is 0 Å². The number of halogens is 2. The van der Waals surface area contributed by atoms with Crippen molar-refractivity contribution in [3.63, 3.8) is 0 Å². The van der Waals surface area contributed by atoms with E-state index in [0.29, 0.717) is 25.9 Å². The molecule has 1 unspecified atom stereocenters. The number of rotatable bonds is 7. The van der Waals surface area contributed by atoms with Gasteiger partial charge in [0.15, 0.2) is 0 Å². The zero-order chi connectivity index (χ0) is 14.3. The summed E-state index contributed by atoms with van der Waals surface area (Å²) in [5.41, 5.74) is 0.183. The number of methoxy groups -OCH3 is 1. The number of ether oxygens (including phenoxy) is 1. The molecule has 0 fully saturated rings. The molecule has 0 aliphatic heterocycles. The van der Waals surface area contributed by atoms with Crippen LogP contribution in [0.15, 0.2) is 18.2 Å². The molecule has 0 aliphatic carbocycles. The summed E-state index contributed by atoms with van der Waals surface area (Å²) >= 11 is 0. The van der Waals surface area contributed by atoms with E-state index < -0.39 is 17.7 Å². The maximum atomic E-state index is 13.6. The average Bonchev–Trinajstić information content (AvgIpc) is 2.39. The van der Waals surface area contributed by atoms with Crippen molar-refractivity contribution in [1.29, 1.82) is 0 Å². The van der Waals surface area contributed by atoms with Gasteiger partial charge in [0.25, 0.3) is 0 Å². The molecule has 106 valence electrons. The van der Waals surface area contributed by atoms with Crippen LogP contribution in [0.25, 0.3) is 0 Å². The van der Waals surface area contributed by atoms with E-state index in [-0.39, 0.29) is 11.5 Å². The average molecular weight is 271 g/mol. The first-order valence-electron chi connectivity index (χ1n) is 6.31. The second kappa shape index (κ2) is 7.84. The van der Waals surface area contributed by atoms with E-state index >= 15 is 0 Å². The molecular weight excluding hydrogens is 252 g/mol. The second-order valence-corrected chi connectivity index (χ2v) is 4.29. The van der Waals surface area contributed by atoms with Crippen LogP contribution >= 0.6 is 0 Å². The zero-order valence-electron chi connectivity index (χ0n) is 11.2. The Kier molecular flexibility index (Phi) is 6.42. The van der Waals surface area contributed by atoms with Crippen molar-refractivity contribution >= 4 is 5.91 Å². The van der Waals surface area contributed by atoms with Crippen molar-refractivity contribution in [2.75, 3.05) is 13.7 Å². The van der Waals surface area contributed by atoms with Gasteiger partial charge < -0.3 is 10.1 Å². The third kappa shape index (κ3) is 4.95. The Bertz CT molecular complexity index is 424. The van der Waals surface area contributed by atoms with Crippen molar-refractivity contribution in [1.82, 2.24) is 5.32 Å². The number of hydrogen-bond acceptors (Lipinski definition) is 2. The fraction of sp³-hybridized carbons (Fsp3) is 0.500. The van der Waals surface area contributed by atoms with Crippen LogP contribution in [0.2, 0.25) is 0 Å². The highest BCUT2D eigenvalue weighted by molar-refractivity contribution is 5.76. The first-order chi connectivity index (χ1) is 9.08. The van der Waals surface area contributed by atoms with E-state index in [9.17, 15) is 13.6 Å². The predicted octanol–water partition coefficient (Wildman–Crippen LogP) is 2.96. The Balaban J connectivity index is 2.67. The molecule has 19 heavy (non-hydrogen) atoms. The summed E-state index contributed by atoms with van der Waals surface area (Å²) in [5.74, 6) is -1.21. The number of amides is 1. The molecular formula is C14H19F2NO2. The van der Waals surface area contributed by atoms with Gasteiger partial charge in [-0.25, -0.2) is 8.78 Å². The molecule has 1 N–H and O–H groups in total. The molecule has 0 saturated heterocycles. The first-order valence-corrected chi connectivity index (χ1v) is 6.31. The van der Waals surface area contributed by atoms with E-state index in [1.807, 2.05) is 6.92 Å². The maximum Gasteiger partial charge on any atom is 0.220 e. The van der Waals surface area contributed by atoms with E-state index in [0.717, 1.165) is 18.2 Å². The smallest absolute Gasteiger partial charge is 0.220 e. The minimum atomic E-state index is -0.511. The molecule has 0 radical (unpaired) electrons. The lowest BCUT2D eigenvalue weighted by atomic mass is 10.0. The molecule has 0 bridgehead atoms. The highest BCUT2D eigenvalue weighted by Crippen LogP contribution is 2.21. The van der Waals surface area contributed by atoms with Crippen molar-refractivity contribution in [3.8, 4) is 0 Å². The molecule has 1 rings (SSSR count). The van der Waals surface area contributed by atoms with Gasteiger partial charge in [-0.15, -0.1) is 0 Å². The zero-order valence-corrected chi connectivity index (χ0v) is 11.2. The Morgan fingerprint density at radius 3 is 2.79 bits per heavy atom. The summed E-state index contributed by atoms with van der Waals surface area (Å²) in [4.78, 5) is 11.7. The Hall–Kier alpha value is -1.49. The predicted molar refractivity (Wildman–Crippen MR) is 68.6 cm³/mol. The maximum absolute atomic E-state index is 13.6. The van der Waals surface area contributed by atoms with Crippen LogP contribution in [0, 0.1) is 11.6 Å². The molecule has 0 saturated carbocycles. The van der Waals surface area contributed by atoms with Crippen LogP contribution in [0.1, 0.15) is 37.8 Å². The molecule has 1 aromatic rings. The topological polar surface area (TPSA) is 38.3 Å². The Morgan fingerprint density at radius 1 is 1.42 bits per heavy atom. The molecule has 1 amide bonds. The highest BCUT2D eigenvalue weighted by atomic mass is 19.1. The molecule has 0 heterocycles. The number of nitrogens with one attached hydrogen (secondary N) is 1. The molecule has 3 nitrogen and oxygen atoms in total. The minimum Gasteiger partial charge on any atom is -0.385 e. The SMILES string of the molecule is CCC(NC(=O)CCCOC)c1cc(F)ccc1F. The van der Waals surface area contributed by atoms with Gasteiger partial charge in [0.2, 0.25) is 5.91 Å². The van der Waals surface area contributed by atoms with E-state index in [2.05, 4.69) is 5.32 Å². The second-order valence-electron chi connectivity index (χ2n) is 4.29. The largest absolute Gasteiger partial charge is 0.385 e. The molecule has 1 atom stereocenters. The number of hydrogen-bond donors (Lipinski definition) is 1. The van der Waals surface area contributed by atoms with Crippen LogP contribution in [-0.2, 0) is 9.53 Å². The third-order valence-electron chi connectivity index (χ3n) is 2.83. The standard InChI is InChI=1S/C14H19F2NO2/c1-3-13(17-14(18)5-4-8-19-2)11-9-10(15)6-7-12(11)16/h6-7,9,13H,3-5,8H2,1-2H3,(H,17,18). The lowest BCUT2D eigenvalue weighted by Gasteiger charge is -2.18. The highest BCUT2D eigenvalue weighted by Gasteiger charge is 2.17. The monoisotopic (exact) mass is 271 g/mol. The van der Waals surface area contributed by atoms with Crippen molar-refractivity contribution < 1.29 is 18.3 Å². The lowest BCUT2D eigenvalue weighted by molar-refractivity contribution is -0.122. The summed E-state index contributed by atoms with van der Waals surface area (Å²) in [6.45, 7) is 2.31. The van der Waals surface area contributed by atoms with Gasteiger partial charge in [-0.1, -0.05) is 6.92 Å². The van der Waals surface area contributed by atoms with Gasteiger partial charge in [0, 0.05) is 25.7 Å². The summed E-state index contributed by atoms with van der Waals surface area (Å²) in [6, 6.07) is 2.75. The van der Waals surface area contributed by atoms with E-state index in [1.54, 1.807) is 7.11 Å². The molecule has 0 spiro atoms.